The fraction of sp³-hybridized carbons (Fsp3) is 0.400. The van der Waals surface area contributed by atoms with Crippen LogP contribution in [0.15, 0.2) is 48.7 Å². The molecule has 1 aliphatic rings. The second kappa shape index (κ2) is 7.95. The van der Waals surface area contributed by atoms with Crippen LogP contribution in [0.3, 0.4) is 0 Å². The van der Waals surface area contributed by atoms with Crippen LogP contribution in [0.2, 0.25) is 0 Å². The van der Waals surface area contributed by atoms with Crippen LogP contribution in [0.4, 0.5) is 5.82 Å². The van der Waals surface area contributed by atoms with Crippen molar-refractivity contribution in [2.45, 2.75) is 45.1 Å². The van der Waals surface area contributed by atoms with Gasteiger partial charge in [0.15, 0.2) is 6.61 Å². The van der Waals surface area contributed by atoms with E-state index in [4.69, 9.17) is 4.74 Å². The zero-order valence-electron chi connectivity index (χ0n) is 14.1. The van der Waals surface area contributed by atoms with E-state index < -0.39 is 0 Å². The first-order valence-electron chi connectivity index (χ1n) is 8.66. The predicted molar refractivity (Wildman–Crippen MR) is 95.3 cm³/mol. The molecule has 0 aliphatic heterocycles. The van der Waals surface area contributed by atoms with E-state index in [2.05, 4.69) is 4.98 Å². The Balaban J connectivity index is 1.72. The number of hydrogen-bond acceptors (Lipinski definition) is 3. The minimum Gasteiger partial charge on any atom is -0.484 e. The van der Waals surface area contributed by atoms with E-state index in [-0.39, 0.29) is 18.6 Å². The number of anilines is 1. The topological polar surface area (TPSA) is 42.4 Å². The number of amides is 1. The highest BCUT2D eigenvalue weighted by Crippen LogP contribution is 2.26. The molecule has 0 N–H and O–H groups in total. The first kappa shape index (κ1) is 16.5. The third-order valence-corrected chi connectivity index (χ3v) is 4.49. The van der Waals surface area contributed by atoms with Crippen molar-refractivity contribution in [3.05, 3.63) is 54.2 Å². The van der Waals surface area contributed by atoms with Gasteiger partial charge in [-0.2, -0.15) is 0 Å². The van der Waals surface area contributed by atoms with Crippen LogP contribution in [-0.2, 0) is 4.79 Å². The average molecular weight is 324 g/mol. The number of hydrogen-bond donors (Lipinski definition) is 0. The lowest BCUT2D eigenvalue weighted by Crippen LogP contribution is -2.44. The van der Waals surface area contributed by atoms with Gasteiger partial charge in [-0.1, -0.05) is 43.0 Å². The standard InChI is InChI=1S/C20H24N2O2/c1-16-10-12-18(13-11-16)24-15-20(23)22(17-7-3-2-4-8-17)19-9-5-6-14-21-19/h5-6,9-14,17H,2-4,7-8,15H2,1H3. The van der Waals surface area contributed by atoms with E-state index >= 15 is 0 Å². The van der Waals surface area contributed by atoms with Gasteiger partial charge in [0.25, 0.3) is 5.91 Å². The number of carbonyl (C=O) groups is 1. The molecule has 1 aromatic heterocycles. The molecule has 24 heavy (non-hydrogen) atoms. The molecule has 0 radical (unpaired) electrons. The van der Waals surface area contributed by atoms with Crippen molar-refractivity contribution in [2.75, 3.05) is 11.5 Å². The molecule has 0 bridgehead atoms. The van der Waals surface area contributed by atoms with Crippen LogP contribution in [0.1, 0.15) is 37.7 Å². The number of pyridine rings is 1. The number of benzene rings is 1. The lowest BCUT2D eigenvalue weighted by molar-refractivity contribution is -0.121. The van der Waals surface area contributed by atoms with Crippen molar-refractivity contribution in [2.24, 2.45) is 0 Å². The Labute approximate surface area is 143 Å². The van der Waals surface area contributed by atoms with E-state index in [0.717, 1.165) is 24.4 Å². The van der Waals surface area contributed by atoms with Gasteiger partial charge in [0.2, 0.25) is 0 Å². The second-order valence-electron chi connectivity index (χ2n) is 6.35. The molecule has 2 aromatic rings. The Kier molecular flexibility index (Phi) is 5.47. The second-order valence-corrected chi connectivity index (χ2v) is 6.35. The van der Waals surface area contributed by atoms with Crippen LogP contribution in [0.5, 0.6) is 5.75 Å². The summed E-state index contributed by atoms with van der Waals surface area (Å²) in [5.41, 5.74) is 1.17. The summed E-state index contributed by atoms with van der Waals surface area (Å²) < 4.78 is 5.70. The van der Waals surface area contributed by atoms with Gasteiger partial charge < -0.3 is 4.74 Å². The molecular formula is C20H24N2O2. The average Bonchev–Trinajstić information content (AvgIpc) is 2.63. The van der Waals surface area contributed by atoms with Gasteiger partial charge in [0.1, 0.15) is 11.6 Å². The van der Waals surface area contributed by atoms with Gasteiger partial charge in [-0.05, 0) is 44.0 Å². The van der Waals surface area contributed by atoms with E-state index in [1.165, 1.54) is 24.8 Å². The fourth-order valence-electron chi connectivity index (χ4n) is 3.20. The molecule has 0 atom stereocenters. The van der Waals surface area contributed by atoms with Crippen LogP contribution < -0.4 is 9.64 Å². The number of nitrogens with zero attached hydrogens (tertiary/aromatic N) is 2. The molecule has 126 valence electrons. The summed E-state index contributed by atoms with van der Waals surface area (Å²) >= 11 is 0. The van der Waals surface area contributed by atoms with Gasteiger partial charge in [-0.3, -0.25) is 9.69 Å². The van der Waals surface area contributed by atoms with Crippen molar-refractivity contribution in [1.29, 1.82) is 0 Å². The molecule has 0 saturated heterocycles. The SMILES string of the molecule is Cc1ccc(OCC(=O)N(c2ccccn2)C2CCCCC2)cc1. The number of ether oxygens (including phenoxy) is 1. The lowest BCUT2D eigenvalue weighted by atomic mass is 9.94. The van der Waals surface area contributed by atoms with Crippen molar-refractivity contribution in [1.82, 2.24) is 4.98 Å². The molecule has 1 aromatic carbocycles. The van der Waals surface area contributed by atoms with E-state index in [1.54, 1.807) is 6.20 Å². The van der Waals surface area contributed by atoms with Gasteiger partial charge >= 0.3 is 0 Å². The van der Waals surface area contributed by atoms with E-state index in [9.17, 15) is 4.79 Å². The smallest absolute Gasteiger partial charge is 0.266 e. The Morgan fingerprint density at radius 3 is 2.54 bits per heavy atom. The molecule has 4 nitrogen and oxygen atoms in total. The van der Waals surface area contributed by atoms with Crippen molar-refractivity contribution in [3.8, 4) is 5.75 Å². The lowest BCUT2D eigenvalue weighted by Gasteiger charge is -2.33. The van der Waals surface area contributed by atoms with Crippen LogP contribution in [0, 0.1) is 6.92 Å². The third-order valence-electron chi connectivity index (χ3n) is 4.49. The minimum absolute atomic E-state index is 0.0267. The fourth-order valence-corrected chi connectivity index (χ4v) is 3.20. The van der Waals surface area contributed by atoms with Gasteiger partial charge in [0.05, 0.1) is 0 Å². The summed E-state index contributed by atoms with van der Waals surface area (Å²) in [4.78, 5) is 19.1. The summed E-state index contributed by atoms with van der Waals surface area (Å²) in [6, 6.07) is 13.7. The molecule has 1 amide bonds. The largest absolute Gasteiger partial charge is 0.484 e. The minimum atomic E-state index is -0.0267. The van der Waals surface area contributed by atoms with Crippen LogP contribution in [-0.4, -0.2) is 23.5 Å². The highest BCUT2D eigenvalue weighted by Gasteiger charge is 2.27. The van der Waals surface area contributed by atoms with Crippen LogP contribution in [0.25, 0.3) is 0 Å². The molecule has 4 heteroatoms. The Hall–Kier alpha value is -2.36. The molecule has 0 spiro atoms. The molecule has 1 fully saturated rings. The summed E-state index contributed by atoms with van der Waals surface area (Å²) in [6.45, 7) is 2.07. The Bertz CT molecular complexity index is 649. The summed E-state index contributed by atoms with van der Waals surface area (Å²) in [6.07, 6.45) is 7.39. The highest BCUT2D eigenvalue weighted by molar-refractivity contribution is 5.94. The highest BCUT2D eigenvalue weighted by atomic mass is 16.5. The molecule has 1 aliphatic carbocycles. The van der Waals surface area contributed by atoms with Crippen molar-refractivity contribution < 1.29 is 9.53 Å². The number of aryl methyl sites for hydroxylation is 1. The molecule has 1 heterocycles. The first-order chi connectivity index (χ1) is 11.7. The third kappa shape index (κ3) is 4.13. The maximum absolute atomic E-state index is 12.8. The predicted octanol–water partition coefficient (Wildman–Crippen LogP) is 4.13. The molecule has 0 unspecified atom stereocenters. The quantitative estimate of drug-likeness (QED) is 0.830. The van der Waals surface area contributed by atoms with Crippen LogP contribution >= 0.6 is 0 Å². The summed E-state index contributed by atoms with van der Waals surface area (Å²) in [5, 5.41) is 0. The van der Waals surface area contributed by atoms with Crippen molar-refractivity contribution in [3.63, 3.8) is 0 Å². The molecule has 3 rings (SSSR count). The zero-order chi connectivity index (χ0) is 16.8. The van der Waals surface area contributed by atoms with Gasteiger partial charge in [-0.25, -0.2) is 4.98 Å². The first-order valence-corrected chi connectivity index (χ1v) is 8.66. The van der Waals surface area contributed by atoms with E-state index in [0.29, 0.717) is 0 Å². The zero-order valence-corrected chi connectivity index (χ0v) is 14.1. The Morgan fingerprint density at radius 2 is 1.88 bits per heavy atom. The van der Waals surface area contributed by atoms with Gasteiger partial charge in [0, 0.05) is 12.2 Å². The number of rotatable bonds is 5. The molecular weight excluding hydrogens is 300 g/mol. The number of carbonyl (C=O) groups excluding carboxylic acids is 1. The Morgan fingerprint density at radius 1 is 1.12 bits per heavy atom. The van der Waals surface area contributed by atoms with E-state index in [1.807, 2.05) is 54.3 Å². The maximum Gasteiger partial charge on any atom is 0.266 e. The summed E-state index contributed by atoms with van der Waals surface area (Å²) in [5.74, 6) is 1.42. The normalized spacial score (nSPS) is 15.0. The monoisotopic (exact) mass is 324 g/mol. The van der Waals surface area contributed by atoms with Crippen molar-refractivity contribution >= 4 is 11.7 Å². The maximum atomic E-state index is 12.8. The van der Waals surface area contributed by atoms with Gasteiger partial charge in [-0.15, -0.1) is 0 Å². The summed E-state index contributed by atoms with van der Waals surface area (Å²) in [7, 11) is 0. The number of aromatic nitrogens is 1. The molecule has 1 saturated carbocycles.